The van der Waals surface area contributed by atoms with Crippen LogP contribution in [0.25, 0.3) is 0 Å². The van der Waals surface area contributed by atoms with Crippen molar-refractivity contribution in [1.29, 1.82) is 0 Å². The van der Waals surface area contributed by atoms with Gasteiger partial charge in [-0.25, -0.2) is 0 Å². The molecule has 0 rings (SSSR count). The van der Waals surface area contributed by atoms with E-state index in [-0.39, 0.29) is 0 Å². The Hall–Kier alpha value is -0.300. The lowest BCUT2D eigenvalue weighted by molar-refractivity contribution is 0.186. The molecule has 0 N–H and O–H groups in total. The molecule has 1 unspecified atom stereocenters. The Balaban J connectivity index is 2.95. The first-order chi connectivity index (χ1) is 5.31. The standard InChI is InChI=1S/C10H19O/c1-4-8-11-9-6-7-10(3)5-2/h5,8,10H,2,4,6-7,9H2,1,3H3. The van der Waals surface area contributed by atoms with Crippen LogP contribution in [0.1, 0.15) is 33.1 Å². The molecule has 65 valence electrons. The van der Waals surface area contributed by atoms with Gasteiger partial charge in [-0.1, -0.05) is 19.9 Å². The Kier molecular flexibility index (Phi) is 7.59. The predicted molar refractivity (Wildman–Crippen MR) is 49.1 cm³/mol. The third kappa shape index (κ3) is 7.60. The number of ether oxygens (including phenoxy) is 1. The zero-order valence-electron chi connectivity index (χ0n) is 7.68. The van der Waals surface area contributed by atoms with Crippen LogP contribution in [-0.4, -0.2) is 6.61 Å². The van der Waals surface area contributed by atoms with Crippen LogP contribution in [0.15, 0.2) is 12.7 Å². The molecule has 0 aromatic heterocycles. The van der Waals surface area contributed by atoms with Gasteiger partial charge in [-0.3, -0.25) is 0 Å². The van der Waals surface area contributed by atoms with Gasteiger partial charge in [0.15, 0.2) is 0 Å². The molecule has 0 spiro atoms. The van der Waals surface area contributed by atoms with Crippen LogP contribution >= 0.6 is 0 Å². The van der Waals surface area contributed by atoms with Crippen molar-refractivity contribution in [2.75, 3.05) is 6.61 Å². The van der Waals surface area contributed by atoms with E-state index in [9.17, 15) is 0 Å². The van der Waals surface area contributed by atoms with E-state index < -0.39 is 0 Å². The van der Waals surface area contributed by atoms with Gasteiger partial charge in [0.25, 0.3) is 0 Å². The van der Waals surface area contributed by atoms with Gasteiger partial charge >= 0.3 is 0 Å². The quantitative estimate of drug-likeness (QED) is 0.405. The third-order valence-corrected chi connectivity index (χ3v) is 1.61. The molecule has 0 aromatic carbocycles. The van der Waals surface area contributed by atoms with Gasteiger partial charge in [-0.05, 0) is 25.2 Å². The number of allylic oxidation sites excluding steroid dienone is 1. The number of hydrogen-bond donors (Lipinski definition) is 0. The monoisotopic (exact) mass is 155 g/mol. The van der Waals surface area contributed by atoms with Crippen molar-refractivity contribution in [1.82, 2.24) is 0 Å². The van der Waals surface area contributed by atoms with Crippen molar-refractivity contribution in [3.63, 3.8) is 0 Å². The smallest absolute Gasteiger partial charge is 0.0833 e. The zero-order chi connectivity index (χ0) is 8.53. The molecule has 0 heterocycles. The summed E-state index contributed by atoms with van der Waals surface area (Å²) in [6, 6.07) is 0. The summed E-state index contributed by atoms with van der Waals surface area (Å²) in [7, 11) is 0. The van der Waals surface area contributed by atoms with Crippen molar-refractivity contribution in [2.45, 2.75) is 33.1 Å². The minimum Gasteiger partial charge on any atom is -0.376 e. The van der Waals surface area contributed by atoms with Crippen LogP contribution in [0.2, 0.25) is 0 Å². The normalized spacial score (nSPS) is 12.9. The van der Waals surface area contributed by atoms with Gasteiger partial charge in [0, 0.05) is 6.61 Å². The Bertz CT molecular complexity index is 88.9. The van der Waals surface area contributed by atoms with Gasteiger partial charge in [0.1, 0.15) is 0 Å². The fourth-order valence-electron chi connectivity index (χ4n) is 0.808. The molecule has 0 saturated heterocycles. The second-order valence-electron chi connectivity index (χ2n) is 2.80. The van der Waals surface area contributed by atoms with Crippen molar-refractivity contribution in [2.24, 2.45) is 5.92 Å². The lowest BCUT2D eigenvalue weighted by atomic mass is 10.1. The molecule has 0 aromatic rings. The average Bonchev–Trinajstić information content (AvgIpc) is 2.04. The van der Waals surface area contributed by atoms with E-state index in [1.165, 1.54) is 6.42 Å². The molecule has 0 bridgehead atoms. The van der Waals surface area contributed by atoms with Gasteiger partial charge in [-0.2, -0.15) is 0 Å². The fourth-order valence-corrected chi connectivity index (χ4v) is 0.808. The van der Waals surface area contributed by atoms with Crippen molar-refractivity contribution >= 4 is 0 Å². The van der Waals surface area contributed by atoms with Crippen LogP contribution in [-0.2, 0) is 4.74 Å². The summed E-state index contributed by atoms with van der Waals surface area (Å²) >= 11 is 0. The third-order valence-electron chi connectivity index (χ3n) is 1.61. The van der Waals surface area contributed by atoms with Crippen LogP contribution in [0, 0.1) is 12.5 Å². The molecular weight excluding hydrogens is 136 g/mol. The molecule has 0 fully saturated rings. The zero-order valence-corrected chi connectivity index (χ0v) is 7.68. The van der Waals surface area contributed by atoms with Crippen molar-refractivity contribution < 1.29 is 4.74 Å². The summed E-state index contributed by atoms with van der Waals surface area (Å²) in [5.41, 5.74) is 0. The van der Waals surface area contributed by atoms with E-state index in [1.54, 1.807) is 0 Å². The summed E-state index contributed by atoms with van der Waals surface area (Å²) in [4.78, 5) is 0. The molecule has 11 heavy (non-hydrogen) atoms. The summed E-state index contributed by atoms with van der Waals surface area (Å²) in [5.74, 6) is 0.625. The van der Waals surface area contributed by atoms with Crippen LogP contribution in [0.3, 0.4) is 0 Å². The second kappa shape index (κ2) is 7.80. The van der Waals surface area contributed by atoms with Crippen LogP contribution in [0.4, 0.5) is 0 Å². The topological polar surface area (TPSA) is 9.23 Å². The molecule has 1 radical (unpaired) electrons. The highest BCUT2D eigenvalue weighted by atomic mass is 16.5. The minimum atomic E-state index is 0.625. The molecule has 0 aliphatic rings. The van der Waals surface area contributed by atoms with E-state index in [0.29, 0.717) is 5.92 Å². The summed E-state index contributed by atoms with van der Waals surface area (Å²) in [6.45, 7) is 10.7. The Labute approximate surface area is 70.4 Å². The lowest BCUT2D eigenvalue weighted by Crippen LogP contribution is -1.95. The summed E-state index contributed by atoms with van der Waals surface area (Å²) < 4.78 is 5.22. The number of rotatable bonds is 7. The van der Waals surface area contributed by atoms with Crippen LogP contribution < -0.4 is 0 Å². The van der Waals surface area contributed by atoms with E-state index >= 15 is 0 Å². The van der Waals surface area contributed by atoms with Gasteiger partial charge in [0.2, 0.25) is 0 Å². The SMILES string of the molecule is C=CC(C)CCCO[CH]CC. The fraction of sp³-hybridized carbons (Fsp3) is 0.700. The van der Waals surface area contributed by atoms with Gasteiger partial charge in [-0.15, -0.1) is 6.58 Å². The number of hydrogen-bond acceptors (Lipinski definition) is 1. The highest BCUT2D eigenvalue weighted by Crippen LogP contribution is 2.06. The Morgan fingerprint density at radius 1 is 1.55 bits per heavy atom. The maximum atomic E-state index is 5.22. The van der Waals surface area contributed by atoms with E-state index in [2.05, 4.69) is 20.4 Å². The molecule has 1 heteroatoms. The van der Waals surface area contributed by atoms with Crippen LogP contribution in [0.5, 0.6) is 0 Å². The molecule has 0 aliphatic heterocycles. The van der Waals surface area contributed by atoms with E-state index in [1.807, 2.05) is 12.7 Å². The maximum absolute atomic E-state index is 5.22. The van der Waals surface area contributed by atoms with E-state index in [4.69, 9.17) is 4.74 Å². The first-order valence-corrected chi connectivity index (χ1v) is 4.37. The summed E-state index contributed by atoms with van der Waals surface area (Å²) in [6.07, 6.45) is 5.30. The molecular formula is C10H19O. The predicted octanol–water partition coefficient (Wildman–Crippen LogP) is 3.18. The minimum absolute atomic E-state index is 0.625. The largest absolute Gasteiger partial charge is 0.376 e. The van der Waals surface area contributed by atoms with Gasteiger partial charge in [0.05, 0.1) is 6.61 Å². The molecule has 0 amide bonds. The first kappa shape index (κ1) is 10.7. The Morgan fingerprint density at radius 2 is 2.27 bits per heavy atom. The van der Waals surface area contributed by atoms with Gasteiger partial charge < -0.3 is 4.74 Å². The molecule has 1 atom stereocenters. The molecule has 1 nitrogen and oxygen atoms in total. The maximum Gasteiger partial charge on any atom is 0.0833 e. The Morgan fingerprint density at radius 3 is 2.82 bits per heavy atom. The summed E-state index contributed by atoms with van der Waals surface area (Å²) in [5, 5.41) is 0. The average molecular weight is 155 g/mol. The highest BCUT2D eigenvalue weighted by Gasteiger charge is 1.94. The lowest BCUT2D eigenvalue weighted by Gasteiger charge is -2.04. The van der Waals surface area contributed by atoms with E-state index in [0.717, 1.165) is 19.4 Å². The second-order valence-corrected chi connectivity index (χ2v) is 2.80. The first-order valence-electron chi connectivity index (χ1n) is 4.37. The molecule has 0 saturated carbocycles. The van der Waals surface area contributed by atoms with Crippen molar-refractivity contribution in [3.05, 3.63) is 19.3 Å². The van der Waals surface area contributed by atoms with Crippen molar-refractivity contribution in [3.8, 4) is 0 Å². The highest BCUT2D eigenvalue weighted by molar-refractivity contribution is 4.74. The molecule has 0 aliphatic carbocycles.